The highest BCUT2D eigenvalue weighted by molar-refractivity contribution is 5.95. The molecule has 0 aromatic heterocycles. The molecule has 28 heavy (non-hydrogen) atoms. The molecule has 0 aromatic rings. The van der Waals surface area contributed by atoms with Crippen LogP contribution in [0.2, 0.25) is 0 Å². The highest BCUT2D eigenvalue weighted by atomic mass is 16.6. The van der Waals surface area contributed by atoms with Crippen LogP contribution in [0.1, 0.15) is 66.2 Å². The molecule has 3 saturated carbocycles. The van der Waals surface area contributed by atoms with E-state index in [2.05, 4.69) is 25.9 Å². The number of allylic oxidation sites excluding steroid dienone is 2. The fourth-order valence-electron chi connectivity index (χ4n) is 7.31. The van der Waals surface area contributed by atoms with E-state index < -0.39 is 12.2 Å². The lowest BCUT2D eigenvalue weighted by Crippen LogP contribution is -2.55. The summed E-state index contributed by atoms with van der Waals surface area (Å²) in [5.41, 5.74) is 2.26. The molecule has 0 amide bonds. The fraction of sp³-hybridized carbons (Fsp3) is 0.826. The van der Waals surface area contributed by atoms with E-state index in [9.17, 15) is 15.0 Å². The average Bonchev–Trinajstić information content (AvgIpc) is 2.99. The van der Waals surface area contributed by atoms with Crippen LogP contribution in [0.15, 0.2) is 16.8 Å². The van der Waals surface area contributed by atoms with Gasteiger partial charge in [0, 0.05) is 11.8 Å². The minimum atomic E-state index is -0.779. The van der Waals surface area contributed by atoms with Crippen molar-refractivity contribution in [2.75, 3.05) is 6.61 Å². The van der Waals surface area contributed by atoms with Gasteiger partial charge in [0.25, 0.3) is 0 Å². The minimum Gasteiger partial charge on any atom is -0.396 e. The Morgan fingerprint density at radius 2 is 1.86 bits per heavy atom. The number of nitrogens with zero attached hydrogens (tertiary/aromatic N) is 1. The topological polar surface area (TPSA) is 79.1 Å². The maximum atomic E-state index is 13.1. The van der Waals surface area contributed by atoms with Gasteiger partial charge in [-0.15, -0.1) is 0 Å². The first kappa shape index (κ1) is 20.1. The summed E-state index contributed by atoms with van der Waals surface area (Å²) in [6.07, 6.45) is 5.66. The number of aliphatic hydroxyl groups is 2. The molecule has 0 aliphatic heterocycles. The number of carbonyl (C=O) groups excluding carboxylic acids is 1. The molecule has 5 nitrogen and oxygen atoms in total. The van der Waals surface area contributed by atoms with Crippen LogP contribution in [0.3, 0.4) is 0 Å². The Labute approximate surface area is 168 Å². The third-order valence-corrected chi connectivity index (χ3v) is 8.77. The Hall–Kier alpha value is -1.20. The zero-order valence-corrected chi connectivity index (χ0v) is 17.6. The van der Waals surface area contributed by atoms with Crippen LogP contribution in [-0.2, 0) is 9.63 Å². The van der Waals surface area contributed by atoms with Crippen molar-refractivity contribution in [1.29, 1.82) is 0 Å². The van der Waals surface area contributed by atoms with Crippen LogP contribution in [0.5, 0.6) is 0 Å². The quantitative estimate of drug-likeness (QED) is 0.572. The molecule has 3 fully saturated rings. The van der Waals surface area contributed by atoms with Crippen LogP contribution in [0.25, 0.3) is 0 Å². The van der Waals surface area contributed by atoms with E-state index in [1.165, 1.54) is 5.57 Å². The van der Waals surface area contributed by atoms with Gasteiger partial charge in [-0.3, -0.25) is 4.79 Å². The number of rotatable bonds is 3. The molecular weight excluding hydrogens is 354 g/mol. The van der Waals surface area contributed by atoms with Crippen molar-refractivity contribution in [3.8, 4) is 0 Å². The van der Waals surface area contributed by atoms with Crippen LogP contribution < -0.4 is 0 Å². The van der Waals surface area contributed by atoms with Crippen molar-refractivity contribution in [3.63, 3.8) is 0 Å². The standard InChI is InChI=1S/C23H35NO4/c1-5-28-24-13(2)15-6-7-16-14-10-19(25)18-11-20(26)21(27)12-23(18,4)17(14)8-9-22(15,16)3/h10,15-18,20-21,26-27H,5-9,11-12H2,1-4H3/b24-13-. The monoisotopic (exact) mass is 389 g/mol. The summed E-state index contributed by atoms with van der Waals surface area (Å²) < 4.78 is 0. The van der Waals surface area contributed by atoms with E-state index in [0.29, 0.717) is 37.2 Å². The Morgan fingerprint density at radius 3 is 2.57 bits per heavy atom. The summed E-state index contributed by atoms with van der Waals surface area (Å²) >= 11 is 0. The molecule has 0 bridgehead atoms. The molecule has 0 aromatic carbocycles. The summed E-state index contributed by atoms with van der Waals surface area (Å²) in [5.74, 6) is 1.12. The zero-order chi connectivity index (χ0) is 20.3. The number of fused-ring (bicyclic) bond motifs is 5. The predicted octanol–water partition coefficient (Wildman–Crippen LogP) is 3.49. The molecule has 4 rings (SSSR count). The summed E-state index contributed by atoms with van der Waals surface area (Å²) in [6.45, 7) is 9.16. The van der Waals surface area contributed by atoms with Gasteiger partial charge in [-0.05, 0) is 81.1 Å². The Bertz CT molecular complexity index is 715. The predicted molar refractivity (Wildman–Crippen MR) is 108 cm³/mol. The fourth-order valence-corrected chi connectivity index (χ4v) is 7.31. The number of aliphatic hydroxyl groups excluding tert-OH is 2. The second kappa shape index (κ2) is 6.94. The molecule has 0 saturated heterocycles. The molecule has 8 atom stereocenters. The Morgan fingerprint density at radius 1 is 1.14 bits per heavy atom. The Kier molecular flexibility index (Phi) is 4.98. The van der Waals surface area contributed by atoms with Gasteiger partial charge in [0.05, 0.1) is 17.9 Å². The first-order valence-corrected chi connectivity index (χ1v) is 11.0. The van der Waals surface area contributed by atoms with Gasteiger partial charge in [0.1, 0.15) is 6.61 Å². The highest BCUT2D eigenvalue weighted by Gasteiger charge is 2.60. The average molecular weight is 390 g/mol. The second-order valence-electron chi connectivity index (χ2n) is 10.1. The SMILES string of the molecule is CCO/N=C(/C)C1CCC2C3=CC(=O)C4CC(O)C(O)CC4(C)C3CCC21C. The minimum absolute atomic E-state index is 0.114. The van der Waals surface area contributed by atoms with Crippen molar-refractivity contribution in [2.45, 2.75) is 78.4 Å². The highest BCUT2D eigenvalue weighted by Crippen LogP contribution is 2.65. The van der Waals surface area contributed by atoms with Crippen LogP contribution in [-0.4, -0.2) is 40.5 Å². The van der Waals surface area contributed by atoms with Gasteiger partial charge in [-0.1, -0.05) is 24.6 Å². The third kappa shape index (κ3) is 2.80. The number of ketones is 1. The molecule has 4 aliphatic carbocycles. The lowest BCUT2D eigenvalue weighted by atomic mass is 9.47. The van der Waals surface area contributed by atoms with Gasteiger partial charge in [0.15, 0.2) is 5.78 Å². The lowest BCUT2D eigenvalue weighted by molar-refractivity contribution is -0.142. The lowest BCUT2D eigenvalue weighted by Gasteiger charge is -2.57. The molecule has 156 valence electrons. The smallest absolute Gasteiger partial charge is 0.159 e. The molecule has 0 heterocycles. The van der Waals surface area contributed by atoms with Crippen molar-refractivity contribution in [2.24, 2.45) is 39.7 Å². The summed E-state index contributed by atoms with van der Waals surface area (Å²) in [7, 11) is 0. The van der Waals surface area contributed by atoms with E-state index in [-0.39, 0.29) is 22.5 Å². The van der Waals surface area contributed by atoms with Crippen LogP contribution in [0, 0.1) is 34.5 Å². The summed E-state index contributed by atoms with van der Waals surface area (Å²) in [6, 6.07) is 0. The molecule has 5 heteroatoms. The molecule has 0 radical (unpaired) electrons. The molecule has 8 unspecified atom stereocenters. The van der Waals surface area contributed by atoms with E-state index >= 15 is 0 Å². The van der Waals surface area contributed by atoms with Crippen molar-refractivity contribution in [1.82, 2.24) is 0 Å². The van der Waals surface area contributed by atoms with Crippen molar-refractivity contribution >= 4 is 11.5 Å². The van der Waals surface area contributed by atoms with Crippen molar-refractivity contribution in [3.05, 3.63) is 11.6 Å². The Balaban J connectivity index is 1.67. The van der Waals surface area contributed by atoms with Crippen molar-refractivity contribution < 1.29 is 19.8 Å². The number of hydrogen-bond acceptors (Lipinski definition) is 5. The number of oxime groups is 1. The molecular formula is C23H35NO4. The van der Waals surface area contributed by atoms with Gasteiger partial charge in [-0.25, -0.2) is 0 Å². The third-order valence-electron chi connectivity index (χ3n) is 8.77. The van der Waals surface area contributed by atoms with E-state index in [1.54, 1.807) is 0 Å². The van der Waals surface area contributed by atoms with Gasteiger partial charge in [-0.2, -0.15) is 0 Å². The van der Waals surface area contributed by atoms with Crippen LogP contribution in [0.4, 0.5) is 0 Å². The largest absolute Gasteiger partial charge is 0.396 e. The first-order valence-electron chi connectivity index (χ1n) is 11.0. The maximum absolute atomic E-state index is 13.1. The number of hydrogen-bond donors (Lipinski definition) is 2. The van der Waals surface area contributed by atoms with E-state index in [1.807, 2.05) is 13.0 Å². The van der Waals surface area contributed by atoms with Gasteiger partial charge in [0.2, 0.25) is 0 Å². The normalized spacial score (nSPS) is 48.4. The van der Waals surface area contributed by atoms with E-state index in [4.69, 9.17) is 4.84 Å². The van der Waals surface area contributed by atoms with Gasteiger partial charge < -0.3 is 15.1 Å². The molecule has 0 spiro atoms. The van der Waals surface area contributed by atoms with E-state index in [0.717, 1.165) is 31.4 Å². The van der Waals surface area contributed by atoms with Gasteiger partial charge >= 0.3 is 0 Å². The molecule has 4 aliphatic rings. The molecule has 2 N–H and O–H groups in total. The first-order chi connectivity index (χ1) is 13.2. The number of carbonyl (C=O) groups is 1. The van der Waals surface area contributed by atoms with Crippen LogP contribution >= 0.6 is 0 Å². The maximum Gasteiger partial charge on any atom is 0.159 e. The summed E-state index contributed by atoms with van der Waals surface area (Å²) in [4.78, 5) is 18.4. The zero-order valence-electron chi connectivity index (χ0n) is 17.6. The summed E-state index contributed by atoms with van der Waals surface area (Å²) in [5, 5.41) is 24.9. The second-order valence-corrected chi connectivity index (χ2v) is 10.1.